The van der Waals surface area contributed by atoms with Crippen molar-refractivity contribution in [2.45, 2.75) is 34.1 Å². The number of hydrogen-bond donors (Lipinski definition) is 2. The summed E-state index contributed by atoms with van der Waals surface area (Å²) < 4.78 is 0. The molecular weight excluding hydrogens is 320 g/mol. The largest absolute Gasteiger partial charge is 0.371 e. The van der Waals surface area contributed by atoms with Gasteiger partial charge in [0.25, 0.3) is 0 Å². The van der Waals surface area contributed by atoms with Crippen molar-refractivity contribution in [2.24, 2.45) is 0 Å². The van der Waals surface area contributed by atoms with Crippen LogP contribution in [0.5, 0.6) is 0 Å². The van der Waals surface area contributed by atoms with E-state index >= 15 is 0 Å². The molecule has 2 heterocycles. The Kier molecular flexibility index (Phi) is 11.7. The number of nitrogens with zero attached hydrogens (tertiary/aromatic N) is 2. The molecule has 0 radical (unpaired) electrons. The van der Waals surface area contributed by atoms with Crippen LogP contribution in [-0.2, 0) is 0 Å². The number of fused-ring (bicyclic) bond motifs is 3. The Morgan fingerprint density at radius 2 is 1.85 bits per heavy atom. The third kappa shape index (κ3) is 6.82. The van der Waals surface area contributed by atoms with Crippen LogP contribution in [0.4, 0.5) is 5.82 Å². The minimum absolute atomic E-state index is 0.830. The van der Waals surface area contributed by atoms with Gasteiger partial charge in [-0.2, -0.15) is 0 Å². The van der Waals surface area contributed by atoms with Gasteiger partial charge in [0.15, 0.2) is 5.82 Å². The SMILES string of the molecule is C#C.C=CC.CCC=C(C)C.CNc1ncnc2c1[nH]c1ccccc12. The van der Waals surface area contributed by atoms with Gasteiger partial charge in [-0.1, -0.05) is 42.8 Å². The second-order valence-electron chi connectivity index (χ2n) is 5.46. The predicted octanol–water partition coefficient (Wildman–Crippen LogP) is 5.96. The minimum Gasteiger partial charge on any atom is -0.371 e. The first kappa shape index (κ1) is 22.9. The maximum atomic E-state index is 4.30. The summed E-state index contributed by atoms with van der Waals surface area (Å²) in [4.78, 5) is 11.8. The lowest BCUT2D eigenvalue weighted by molar-refractivity contribution is 1.18. The zero-order chi connectivity index (χ0) is 19.9. The van der Waals surface area contributed by atoms with Gasteiger partial charge in [0, 0.05) is 18.0 Å². The second-order valence-corrected chi connectivity index (χ2v) is 5.46. The number of terminal acetylenes is 1. The Labute approximate surface area is 157 Å². The predicted molar refractivity (Wildman–Crippen MR) is 116 cm³/mol. The number of benzene rings is 1. The van der Waals surface area contributed by atoms with Gasteiger partial charge in [-0.15, -0.1) is 19.4 Å². The first-order valence-electron chi connectivity index (χ1n) is 8.51. The van der Waals surface area contributed by atoms with Gasteiger partial charge < -0.3 is 10.3 Å². The summed E-state index contributed by atoms with van der Waals surface area (Å²) in [5, 5.41) is 4.18. The van der Waals surface area contributed by atoms with E-state index in [4.69, 9.17) is 0 Å². The van der Waals surface area contributed by atoms with Crippen molar-refractivity contribution in [1.82, 2.24) is 15.0 Å². The molecule has 0 bridgehead atoms. The molecule has 4 heteroatoms. The maximum absolute atomic E-state index is 4.30. The standard InChI is InChI=1S/C11H10N4.C6H12.C3H6.C2H2/c1-12-11-10-9(13-6-14-11)7-4-2-3-5-8(7)15-10;1-4-5-6(2)3;1-3-2;1-2/h2-6,15H,1H3,(H,12,13,14);5H,4H2,1-3H3;3H,1H2,2H3;1-2H. The van der Waals surface area contributed by atoms with Crippen LogP contribution in [0.15, 0.2) is 54.9 Å². The Hall–Kier alpha value is -3.06. The van der Waals surface area contributed by atoms with Crippen LogP contribution in [0.1, 0.15) is 34.1 Å². The maximum Gasteiger partial charge on any atom is 0.153 e. The van der Waals surface area contributed by atoms with Crippen molar-refractivity contribution in [2.75, 3.05) is 12.4 Å². The van der Waals surface area contributed by atoms with Crippen LogP contribution in [0, 0.1) is 12.8 Å². The van der Waals surface area contributed by atoms with E-state index in [1.54, 1.807) is 12.4 Å². The molecule has 0 saturated heterocycles. The lowest BCUT2D eigenvalue weighted by atomic mass is 10.2. The van der Waals surface area contributed by atoms with E-state index in [0.29, 0.717) is 0 Å². The van der Waals surface area contributed by atoms with Crippen molar-refractivity contribution in [3.8, 4) is 12.8 Å². The average molecular weight is 351 g/mol. The average Bonchev–Trinajstić information content (AvgIpc) is 3.03. The van der Waals surface area contributed by atoms with Crippen molar-refractivity contribution >= 4 is 27.8 Å². The van der Waals surface area contributed by atoms with Crippen LogP contribution in [0.2, 0.25) is 0 Å². The molecule has 4 nitrogen and oxygen atoms in total. The topological polar surface area (TPSA) is 53.6 Å². The summed E-state index contributed by atoms with van der Waals surface area (Å²) in [6, 6.07) is 8.11. The molecule has 0 atom stereocenters. The smallest absolute Gasteiger partial charge is 0.153 e. The molecule has 26 heavy (non-hydrogen) atoms. The Morgan fingerprint density at radius 3 is 2.35 bits per heavy atom. The van der Waals surface area contributed by atoms with Gasteiger partial charge in [0.1, 0.15) is 17.4 Å². The van der Waals surface area contributed by atoms with Gasteiger partial charge in [-0.3, -0.25) is 0 Å². The monoisotopic (exact) mass is 350 g/mol. The highest BCUT2D eigenvalue weighted by atomic mass is 15.0. The quantitative estimate of drug-likeness (QED) is 0.443. The van der Waals surface area contributed by atoms with Gasteiger partial charge >= 0.3 is 0 Å². The molecule has 0 fully saturated rings. The summed E-state index contributed by atoms with van der Waals surface area (Å²) in [5.74, 6) is 0.830. The van der Waals surface area contributed by atoms with E-state index < -0.39 is 0 Å². The van der Waals surface area contributed by atoms with Crippen LogP contribution in [0.25, 0.3) is 21.9 Å². The number of hydrogen-bond acceptors (Lipinski definition) is 3. The summed E-state index contributed by atoms with van der Waals surface area (Å²) in [6.07, 6.45) is 14.7. The van der Waals surface area contributed by atoms with Crippen LogP contribution >= 0.6 is 0 Å². The van der Waals surface area contributed by atoms with Crippen molar-refractivity contribution in [3.05, 3.63) is 54.9 Å². The molecule has 0 aliphatic heterocycles. The molecule has 2 N–H and O–H groups in total. The van der Waals surface area contributed by atoms with Gasteiger partial charge in [0.05, 0.1) is 0 Å². The summed E-state index contributed by atoms with van der Waals surface area (Å²) in [7, 11) is 1.85. The summed E-state index contributed by atoms with van der Waals surface area (Å²) in [6.45, 7) is 11.6. The highest BCUT2D eigenvalue weighted by Gasteiger charge is 2.08. The molecule has 3 rings (SSSR count). The fourth-order valence-corrected chi connectivity index (χ4v) is 2.24. The van der Waals surface area contributed by atoms with E-state index in [2.05, 4.69) is 72.6 Å². The van der Waals surface area contributed by atoms with Crippen molar-refractivity contribution in [1.29, 1.82) is 0 Å². The molecule has 0 spiro atoms. The number of para-hydroxylation sites is 1. The van der Waals surface area contributed by atoms with Crippen LogP contribution in [-0.4, -0.2) is 22.0 Å². The highest BCUT2D eigenvalue weighted by Crippen LogP contribution is 2.26. The number of anilines is 1. The Morgan fingerprint density at radius 1 is 1.23 bits per heavy atom. The second kappa shape index (κ2) is 13.3. The van der Waals surface area contributed by atoms with Gasteiger partial charge in [-0.05, 0) is 33.3 Å². The number of aromatic amines is 1. The zero-order valence-electron chi connectivity index (χ0n) is 16.5. The number of H-pyrrole nitrogens is 1. The molecule has 0 amide bonds. The Balaban J connectivity index is 0.000000481. The number of rotatable bonds is 2. The van der Waals surface area contributed by atoms with E-state index in [1.807, 2.05) is 32.2 Å². The normalized spacial score (nSPS) is 8.73. The molecular formula is C22H30N4. The number of aromatic nitrogens is 3. The molecule has 0 saturated carbocycles. The molecule has 0 aliphatic carbocycles. The first-order valence-corrected chi connectivity index (χ1v) is 8.51. The van der Waals surface area contributed by atoms with E-state index in [-0.39, 0.29) is 0 Å². The molecule has 0 unspecified atom stereocenters. The molecule has 1 aromatic carbocycles. The van der Waals surface area contributed by atoms with E-state index in [0.717, 1.165) is 27.8 Å². The summed E-state index contributed by atoms with van der Waals surface area (Å²) in [5.41, 5.74) is 4.42. The van der Waals surface area contributed by atoms with Crippen LogP contribution in [0.3, 0.4) is 0 Å². The lowest BCUT2D eigenvalue weighted by Gasteiger charge is -1.98. The third-order valence-corrected chi connectivity index (χ3v) is 3.14. The zero-order valence-corrected chi connectivity index (χ0v) is 16.5. The van der Waals surface area contributed by atoms with Gasteiger partial charge in [0.2, 0.25) is 0 Å². The van der Waals surface area contributed by atoms with Crippen LogP contribution < -0.4 is 5.32 Å². The molecule has 2 aromatic heterocycles. The van der Waals surface area contributed by atoms with E-state index in [1.165, 1.54) is 12.0 Å². The fourth-order valence-electron chi connectivity index (χ4n) is 2.24. The lowest BCUT2D eigenvalue weighted by Crippen LogP contribution is -1.93. The van der Waals surface area contributed by atoms with Gasteiger partial charge in [-0.25, -0.2) is 9.97 Å². The number of nitrogens with one attached hydrogen (secondary N) is 2. The van der Waals surface area contributed by atoms with E-state index in [9.17, 15) is 0 Å². The molecule has 0 aliphatic rings. The number of allylic oxidation sites excluding steroid dienone is 3. The third-order valence-electron chi connectivity index (χ3n) is 3.14. The van der Waals surface area contributed by atoms with Crippen molar-refractivity contribution < 1.29 is 0 Å². The van der Waals surface area contributed by atoms with Crippen molar-refractivity contribution in [3.63, 3.8) is 0 Å². The molecule has 138 valence electrons. The highest BCUT2D eigenvalue weighted by molar-refractivity contribution is 6.07. The molecule has 3 aromatic rings. The first-order chi connectivity index (χ1) is 12.6. The fraction of sp³-hybridized carbons (Fsp3) is 0.273. The minimum atomic E-state index is 0.830. The Bertz CT molecular complexity index is 837. The summed E-state index contributed by atoms with van der Waals surface area (Å²) >= 11 is 0.